The van der Waals surface area contributed by atoms with E-state index in [2.05, 4.69) is 20.9 Å². The number of amides is 2. The number of pyridine rings is 1. The Morgan fingerprint density at radius 1 is 0.929 bits per heavy atom. The fraction of sp³-hybridized carbons (Fsp3) is 0.0952. The summed E-state index contributed by atoms with van der Waals surface area (Å²) in [6.07, 6.45) is 1.46. The molecule has 6 nitrogen and oxygen atoms in total. The molecule has 3 N–H and O–H groups in total. The van der Waals surface area contributed by atoms with Gasteiger partial charge in [0.05, 0.1) is 18.3 Å². The summed E-state index contributed by atoms with van der Waals surface area (Å²) in [5, 5.41) is 8.53. The molecule has 28 heavy (non-hydrogen) atoms. The summed E-state index contributed by atoms with van der Waals surface area (Å²) in [6.45, 7) is 1.45. The first-order valence-corrected chi connectivity index (χ1v) is 8.63. The van der Waals surface area contributed by atoms with Gasteiger partial charge >= 0.3 is 0 Å². The van der Waals surface area contributed by atoms with Crippen LogP contribution >= 0.6 is 0 Å². The fourth-order valence-corrected chi connectivity index (χ4v) is 2.59. The maximum atomic E-state index is 13.6. The van der Waals surface area contributed by atoms with Crippen LogP contribution in [0.15, 0.2) is 66.9 Å². The standard InChI is InChI=1S/C21H19FN4O2/c1-14(27)24-16-6-4-7-17(12-16)25-20-10-9-18(13-23-20)26-21(28)11-15-5-2-3-8-19(15)22/h2-10,12-13H,11H2,1H3,(H,23,25)(H,24,27)(H,26,28). The molecule has 142 valence electrons. The second-order valence-electron chi connectivity index (χ2n) is 6.14. The maximum absolute atomic E-state index is 13.6. The van der Waals surface area contributed by atoms with Gasteiger partial charge in [-0.25, -0.2) is 9.37 Å². The molecule has 0 aliphatic carbocycles. The first-order chi connectivity index (χ1) is 13.5. The highest BCUT2D eigenvalue weighted by Gasteiger charge is 2.08. The van der Waals surface area contributed by atoms with Crippen molar-refractivity contribution in [2.24, 2.45) is 0 Å². The molecule has 1 heterocycles. The van der Waals surface area contributed by atoms with Crippen LogP contribution in [0.4, 0.5) is 27.3 Å². The van der Waals surface area contributed by atoms with E-state index in [1.807, 2.05) is 12.1 Å². The molecule has 7 heteroatoms. The number of rotatable bonds is 6. The molecular weight excluding hydrogens is 359 g/mol. The summed E-state index contributed by atoms with van der Waals surface area (Å²) >= 11 is 0. The number of aromatic nitrogens is 1. The number of halogens is 1. The van der Waals surface area contributed by atoms with Crippen LogP contribution in [-0.2, 0) is 16.0 Å². The zero-order valence-electron chi connectivity index (χ0n) is 15.2. The number of nitrogens with one attached hydrogen (secondary N) is 3. The third-order valence-electron chi connectivity index (χ3n) is 3.81. The summed E-state index contributed by atoms with van der Waals surface area (Å²) in [5.41, 5.74) is 2.29. The SMILES string of the molecule is CC(=O)Nc1cccc(Nc2ccc(NC(=O)Cc3ccccc3F)cn2)c1. The van der Waals surface area contributed by atoms with Crippen LogP contribution in [0.2, 0.25) is 0 Å². The molecule has 0 spiro atoms. The molecule has 0 aliphatic heterocycles. The Balaban J connectivity index is 1.60. The molecule has 0 unspecified atom stereocenters. The zero-order valence-corrected chi connectivity index (χ0v) is 15.2. The van der Waals surface area contributed by atoms with Gasteiger partial charge in [-0.15, -0.1) is 0 Å². The molecule has 2 amide bonds. The summed E-state index contributed by atoms with van der Waals surface area (Å²) < 4.78 is 13.6. The van der Waals surface area contributed by atoms with Crippen molar-refractivity contribution in [1.29, 1.82) is 0 Å². The highest BCUT2D eigenvalue weighted by Crippen LogP contribution is 2.20. The lowest BCUT2D eigenvalue weighted by Gasteiger charge is -2.09. The van der Waals surface area contributed by atoms with Gasteiger partial charge in [0, 0.05) is 18.3 Å². The minimum Gasteiger partial charge on any atom is -0.340 e. The monoisotopic (exact) mass is 378 g/mol. The summed E-state index contributed by atoms with van der Waals surface area (Å²) in [6, 6.07) is 16.8. The van der Waals surface area contributed by atoms with E-state index >= 15 is 0 Å². The average Bonchev–Trinajstić information content (AvgIpc) is 2.65. The van der Waals surface area contributed by atoms with Crippen molar-refractivity contribution in [2.75, 3.05) is 16.0 Å². The number of benzene rings is 2. The summed E-state index contributed by atoms with van der Waals surface area (Å²) in [7, 11) is 0. The third-order valence-corrected chi connectivity index (χ3v) is 3.81. The van der Waals surface area contributed by atoms with Crippen molar-refractivity contribution in [1.82, 2.24) is 4.98 Å². The second-order valence-corrected chi connectivity index (χ2v) is 6.14. The number of nitrogens with zero attached hydrogens (tertiary/aromatic N) is 1. The van der Waals surface area contributed by atoms with E-state index in [-0.39, 0.29) is 18.2 Å². The zero-order chi connectivity index (χ0) is 19.9. The van der Waals surface area contributed by atoms with Crippen LogP contribution in [0.5, 0.6) is 0 Å². The Bertz CT molecular complexity index is 990. The largest absolute Gasteiger partial charge is 0.340 e. The lowest BCUT2D eigenvalue weighted by Crippen LogP contribution is -2.15. The van der Waals surface area contributed by atoms with Crippen LogP contribution in [0.25, 0.3) is 0 Å². The lowest BCUT2D eigenvalue weighted by molar-refractivity contribution is -0.116. The van der Waals surface area contributed by atoms with E-state index in [1.54, 1.807) is 42.5 Å². The second kappa shape index (κ2) is 8.77. The predicted molar refractivity (Wildman–Crippen MR) is 107 cm³/mol. The van der Waals surface area contributed by atoms with Gasteiger partial charge in [-0.1, -0.05) is 24.3 Å². The number of carbonyl (C=O) groups excluding carboxylic acids is 2. The topological polar surface area (TPSA) is 83.1 Å². The van der Waals surface area contributed by atoms with Gasteiger partial charge in [0.1, 0.15) is 11.6 Å². The molecule has 0 saturated carbocycles. The average molecular weight is 378 g/mol. The highest BCUT2D eigenvalue weighted by molar-refractivity contribution is 5.92. The third kappa shape index (κ3) is 5.38. The van der Waals surface area contributed by atoms with Crippen molar-refractivity contribution in [3.8, 4) is 0 Å². The van der Waals surface area contributed by atoms with Gasteiger partial charge in [-0.3, -0.25) is 9.59 Å². The van der Waals surface area contributed by atoms with Crippen LogP contribution in [-0.4, -0.2) is 16.8 Å². The molecule has 0 atom stereocenters. The molecular formula is C21H19FN4O2. The van der Waals surface area contributed by atoms with E-state index in [1.165, 1.54) is 19.2 Å². The van der Waals surface area contributed by atoms with E-state index in [0.29, 0.717) is 22.8 Å². The van der Waals surface area contributed by atoms with E-state index in [9.17, 15) is 14.0 Å². The van der Waals surface area contributed by atoms with Gasteiger partial charge in [-0.2, -0.15) is 0 Å². The van der Waals surface area contributed by atoms with E-state index in [0.717, 1.165) is 5.69 Å². The van der Waals surface area contributed by atoms with Crippen LogP contribution in [0.1, 0.15) is 12.5 Å². The Morgan fingerprint density at radius 2 is 1.71 bits per heavy atom. The Kier molecular flexibility index (Phi) is 5.96. The van der Waals surface area contributed by atoms with E-state index < -0.39 is 5.82 Å². The van der Waals surface area contributed by atoms with E-state index in [4.69, 9.17) is 0 Å². The van der Waals surface area contributed by atoms with Gasteiger partial charge in [-0.05, 0) is 42.0 Å². The Morgan fingerprint density at radius 3 is 2.43 bits per heavy atom. The molecule has 0 saturated heterocycles. The number of hydrogen-bond donors (Lipinski definition) is 3. The predicted octanol–water partition coefficient (Wildman–Crippen LogP) is 4.10. The normalized spacial score (nSPS) is 10.2. The molecule has 2 aromatic carbocycles. The molecule has 0 aliphatic rings. The van der Waals surface area contributed by atoms with Crippen molar-refractivity contribution in [3.63, 3.8) is 0 Å². The van der Waals surface area contributed by atoms with Crippen LogP contribution < -0.4 is 16.0 Å². The van der Waals surface area contributed by atoms with Crippen LogP contribution in [0, 0.1) is 5.82 Å². The Labute approximate surface area is 161 Å². The van der Waals surface area contributed by atoms with Crippen molar-refractivity contribution >= 4 is 34.7 Å². The lowest BCUT2D eigenvalue weighted by atomic mass is 10.1. The van der Waals surface area contributed by atoms with Crippen LogP contribution in [0.3, 0.4) is 0 Å². The van der Waals surface area contributed by atoms with Gasteiger partial charge in [0.15, 0.2) is 0 Å². The minimum absolute atomic E-state index is 0.0530. The maximum Gasteiger partial charge on any atom is 0.228 e. The molecule has 3 rings (SSSR count). The number of carbonyl (C=O) groups is 2. The number of hydrogen-bond acceptors (Lipinski definition) is 4. The highest BCUT2D eigenvalue weighted by atomic mass is 19.1. The molecule has 0 fully saturated rings. The molecule has 0 radical (unpaired) electrons. The van der Waals surface area contributed by atoms with Crippen molar-refractivity contribution in [2.45, 2.75) is 13.3 Å². The van der Waals surface area contributed by atoms with Crippen molar-refractivity contribution < 1.29 is 14.0 Å². The smallest absolute Gasteiger partial charge is 0.228 e. The molecule has 1 aromatic heterocycles. The van der Waals surface area contributed by atoms with Gasteiger partial charge in [0.2, 0.25) is 11.8 Å². The first kappa shape index (κ1) is 19.0. The molecule has 3 aromatic rings. The summed E-state index contributed by atoms with van der Waals surface area (Å²) in [5.74, 6) is -0.301. The van der Waals surface area contributed by atoms with Gasteiger partial charge in [0.25, 0.3) is 0 Å². The summed E-state index contributed by atoms with van der Waals surface area (Å²) in [4.78, 5) is 27.5. The van der Waals surface area contributed by atoms with Gasteiger partial charge < -0.3 is 16.0 Å². The minimum atomic E-state index is -0.406. The first-order valence-electron chi connectivity index (χ1n) is 8.63. The quantitative estimate of drug-likeness (QED) is 0.603. The van der Waals surface area contributed by atoms with Crippen molar-refractivity contribution in [3.05, 3.63) is 78.2 Å². The number of anilines is 4. The Hall–Kier alpha value is -3.74. The fourth-order valence-electron chi connectivity index (χ4n) is 2.59. The molecule has 0 bridgehead atoms.